The molecule has 7 heteroatoms. The third kappa shape index (κ3) is 2.17. The Kier molecular flexibility index (Phi) is 3.11. The molecule has 0 aliphatic rings. The predicted octanol–water partition coefficient (Wildman–Crippen LogP) is 0.840. The van der Waals surface area contributed by atoms with Crippen LogP contribution < -0.4 is 5.32 Å². The van der Waals surface area contributed by atoms with Gasteiger partial charge in [0.2, 0.25) is 5.91 Å². The molecule has 0 saturated heterocycles. The van der Waals surface area contributed by atoms with Gasteiger partial charge in [-0.05, 0) is 6.07 Å². The topological polar surface area (TPSA) is 72.7 Å². The van der Waals surface area contributed by atoms with Crippen LogP contribution in [0.2, 0.25) is 0 Å². The highest BCUT2D eigenvalue weighted by molar-refractivity contribution is 6.29. The van der Waals surface area contributed by atoms with Crippen LogP contribution in [-0.4, -0.2) is 31.5 Å². The van der Waals surface area contributed by atoms with E-state index in [0.717, 1.165) is 0 Å². The van der Waals surface area contributed by atoms with Gasteiger partial charge in [-0.25, -0.2) is 9.97 Å². The van der Waals surface area contributed by atoms with Crippen LogP contribution in [-0.2, 0) is 4.79 Å². The van der Waals surface area contributed by atoms with Gasteiger partial charge in [0.1, 0.15) is 11.7 Å². The summed E-state index contributed by atoms with van der Waals surface area (Å²) in [6.07, 6.45) is 4.73. The molecule has 2 aromatic heterocycles. The lowest BCUT2D eigenvalue weighted by Crippen LogP contribution is -2.16. The van der Waals surface area contributed by atoms with Crippen LogP contribution in [0.5, 0.6) is 0 Å². The minimum Gasteiger partial charge on any atom is -0.309 e. The van der Waals surface area contributed by atoms with E-state index in [9.17, 15) is 4.79 Å². The van der Waals surface area contributed by atoms with Crippen molar-refractivity contribution < 1.29 is 4.79 Å². The maximum atomic E-state index is 11.1. The maximum absolute atomic E-state index is 11.1. The summed E-state index contributed by atoms with van der Waals surface area (Å²) in [5, 5.41) is 6.60. The van der Waals surface area contributed by atoms with Crippen molar-refractivity contribution in [2.75, 3.05) is 11.2 Å². The monoisotopic (exact) mass is 237 g/mol. The van der Waals surface area contributed by atoms with E-state index in [1.54, 1.807) is 30.7 Å². The van der Waals surface area contributed by atoms with Crippen LogP contribution >= 0.6 is 11.6 Å². The van der Waals surface area contributed by atoms with Crippen molar-refractivity contribution in [3.05, 3.63) is 30.7 Å². The SMILES string of the molecule is O=C(CCl)Nc1ccnn1-c1ncccn1. The van der Waals surface area contributed by atoms with E-state index in [-0.39, 0.29) is 11.8 Å². The number of anilines is 1. The number of hydrogen-bond donors (Lipinski definition) is 1. The zero-order chi connectivity index (χ0) is 11.4. The van der Waals surface area contributed by atoms with E-state index in [4.69, 9.17) is 11.6 Å². The van der Waals surface area contributed by atoms with Crippen LogP contribution in [0.4, 0.5) is 5.82 Å². The third-order valence-electron chi connectivity index (χ3n) is 1.77. The summed E-state index contributed by atoms with van der Waals surface area (Å²) in [5.41, 5.74) is 0. The van der Waals surface area contributed by atoms with Gasteiger partial charge >= 0.3 is 0 Å². The summed E-state index contributed by atoms with van der Waals surface area (Å²) < 4.78 is 1.42. The lowest BCUT2D eigenvalue weighted by Gasteiger charge is -2.05. The molecular weight excluding hydrogens is 230 g/mol. The summed E-state index contributed by atoms with van der Waals surface area (Å²) in [7, 11) is 0. The molecule has 0 spiro atoms. The molecule has 0 aliphatic heterocycles. The Morgan fingerprint density at radius 3 is 2.81 bits per heavy atom. The molecule has 0 bridgehead atoms. The van der Waals surface area contributed by atoms with E-state index in [1.807, 2.05) is 0 Å². The van der Waals surface area contributed by atoms with Gasteiger partial charge in [-0.15, -0.1) is 11.6 Å². The second-order valence-electron chi connectivity index (χ2n) is 2.86. The third-order valence-corrected chi connectivity index (χ3v) is 2.02. The minimum absolute atomic E-state index is 0.110. The molecule has 0 fully saturated rings. The Morgan fingerprint density at radius 2 is 2.12 bits per heavy atom. The van der Waals surface area contributed by atoms with Crippen molar-refractivity contribution >= 4 is 23.3 Å². The fourth-order valence-corrected chi connectivity index (χ4v) is 1.20. The second-order valence-corrected chi connectivity index (χ2v) is 3.13. The second kappa shape index (κ2) is 4.71. The highest BCUT2D eigenvalue weighted by atomic mass is 35.5. The molecule has 2 rings (SSSR count). The summed E-state index contributed by atoms with van der Waals surface area (Å²) in [6.45, 7) is 0. The molecule has 0 atom stereocenters. The van der Waals surface area contributed by atoms with Gasteiger partial charge < -0.3 is 5.32 Å². The molecule has 2 aromatic rings. The Balaban J connectivity index is 2.29. The molecule has 1 amide bonds. The number of aromatic nitrogens is 4. The summed E-state index contributed by atoms with van der Waals surface area (Å²) >= 11 is 5.39. The van der Waals surface area contributed by atoms with E-state index < -0.39 is 0 Å². The van der Waals surface area contributed by atoms with Gasteiger partial charge in [0, 0.05) is 18.5 Å². The number of rotatable bonds is 3. The fourth-order valence-electron chi connectivity index (χ4n) is 1.13. The predicted molar refractivity (Wildman–Crippen MR) is 58.5 cm³/mol. The first-order valence-electron chi connectivity index (χ1n) is 4.48. The van der Waals surface area contributed by atoms with Crippen LogP contribution in [0.1, 0.15) is 0 Å². The van der Waals surface area contributed by atoms with Gasteiger partial charge in [-0.2, -0.15) is 9.78 Å². The first kappa shape index (κ1) is 10.6. The lowest BCUT2D eigenvalue weighted by molar-refractivity contribution is -0.113. The number of halogens is 1. The highest BCUT2D eigenvalue weighted by Crippen LogP contribution is 2.10. The van der Waals surface area contributed by atoms with Crippen molar-refractivity contribution in [3.8, 4) is 5.95 Å². The van der Waals surface area contributed by atoms with Crippen molar-refractivity contribution in [2.45, 2.75) is 0 Å². The molecule has 1 N–H and O–H groups in total. The summed E-state index contributed by atoms with van der Waals surface area (Å²) in [6, 6.07) is 3.34. The van der Waals surface area contributed by atoms with E-state index in [1.165, 1.54) is 4.68 Å². The molecule has 0 radical (unpaired) electrons. The van der Waals surface area contributed by atoms with Gasteiger partial charge in [0.25, 0.3) is 5.95 Å². The molecule has 0 unspecified atom stereocenters. The fraction of sp³-hybridized carbons (Fsp3) is 0.111. The summed E-state index contributed by atoms with van der Waals surface area (Å²) in [5.74, 6) is 0.453. The van der Waals surface area contributed by atoms with E-state index >= 15 is 0 Å². The Morgan fingerprint density at radius 1 is 1.38 bits per heavy atom. The molecule has 6 nitrogen and oxygen atoms in total. The minimum atomic E-state index is -0.306. The van der Waals surface area contributed by atoms with Crippen molar-refractivity contribution in [3.63, 3.8) is 0 Å². The molecule has 2 heterocycles. The smallest absolute Gasteiger partial charge is 0.252 e. The lowest BCUT2D eigenvalue weighted by atomic mass is 10.5. The first-order chi connectivity index (χ1) is 7.81. The quantitative estimate of drug-likeness (QED) is 0.803. The van der Waals surface area contributed by atoms with Crippen LogP contribution in [0.3, 0.4) is 0 Å². The zero-order valence-electron chi connectivity index (χ0n) is 8.17. The maximum Gasteiger partial charge on any atom is 0.252 e. The van der Waals surface area contributed by atoms with Crippen molar-refractivity contribution in [2.24, 2.45) is 0 Å². The van der Waals surface area contributed by atoms with Crippen molar-refractivity contribution in [1.82, 2.24) is 19.7 Å². The normalized spacial score (nSPS) is 10.1. The summed E-state index contributed by atoms with van der Waals surface area (Å²) in [4.78, 5) is 19.2. The number of nitrogens with one attached hydrogen (secondary N) is 1. The number of alkyl halides is 1. The number of amides is 1. The van der Waals surface area contributed by atoms with Gasteiger partial charge in [-0.1, -0.05) is 0 Å². The number of hydrogen-bond acceptors (Lipinski definition) is 4. The largest absolute Gasteiger partial charge is 0.309 e. The molecule has 0 aliphatic carbocycles. The molecule has 0 saturated carbocycles. The Hall–Kier alpha value is -1.95. The number of nitrogens with zero attached hydrogens (tertiary/aromatic N) is 4. The molecular formula is C9H8ClN5O. The average molecular weight is 238 g/mol. The molecule has 16 heavy (non-hydrogen) atoms. The number of carbonyl (C=O) groups is 1. The van der Waals surface area contributed by atoms with Crippen molar-refractivity contribution in [1.29, 1.82) is 0 Å². The molecule has 82 valence electrons. The molecule has 0 aromatic carbocycles. The van der Waals surface area contributed by atoms with Crippen LogP contribution in [0, 0.1) is 0 Å². The van der Waals surface area contributed by atoms with Gasteiger partial charge in [0.05, 0.1) is 6.20 Å². The van der Waals surface area contributed by atoms with E-state index in [0.29, 0.717) is 11.8 Å². The zero-order valence-corrected chi connectivity index (χ0v) is 8.92. The Labute approximate surface area is 96.3 Å². The highest BCUT2D eigenvalue weighted by Gasteiger charge is 2.08. The van der Waals surface area contributed by atoms with Gasteiger partial charge in [0.15, 0.2) is 0 Å². The van der Waals surface area contributed by atoms with Crippen LogP contribution in [0.25, 0.3) is 5.95 Å². The van der Waals surface area contributed by atoms with E-state index in [2.05, 4.69) is 20.4 Å². The average Bonchev–Trinajstić information content (AvgIpc) is 2.78. The van der Waals surface area contributed by atoms with Crippen LogP contribution in [0.15, 0.2) is 30.7 Å². The van der Waals surface area contributed by atoms with Gasteiger partial charge in [-0.3, -0.25) is 4.79 Å². The standard InChI is InChI=1S/C9H8ClN5O/c10-6-8(16)14-7-2-5-13-15(7)9-11-3-1-4-12-9/h1-5H,6H2,(H,14,16). The Bertz CT molecular complexity index is 484. The number of carbonyl (C=O) groups excluding carboxylic acids is 1. The first-order valence-corrected chi connectivity index (χ1v) is 5.02.